The average molecular weight is 359 g/mol. The number of non-ortho nitro benzene ring substituents is 1. The summed E-state index contributed by atoms with van der Waals surface area (Å²) >= 11 is 0. The van der Waals surface area contributed by atoms with E-state index >= 15 is 0 Å². The molecule has 0 unspecified atom stereocenters. The monoisotopic (exact) mass is 359 g/mol. The molecular formula is C18H25N5O3. The van der Waals surface area contributed by atoms with Crippen molar-refractivity contribution in [1.29, 1.82) is 0 Å². The van der Waals surface area contributed by atoms with Crippen LogP contribution in [0.4, 0.5) is 5.69 Å². The molecule has 0 aliphatic carbocycles. The van der Waals surface area contributed by atoms with Crippen LogP contribution in [-0.4, -0.2) is 70.1 Å². The highest BCUT2D eigenvalue weighted by molar-refractivity contribution is 5.35. The first-order valence-corrected chi connectivity index (χ1v) is 8.98. The molecule has 0 radical (unpaired) electrons. The Kier molecular flexibility index (Phi) is 6.56. The lowest BCUT2D eigenvalue weighted by Gasteiger charge is -2.34. The molecule has 0 N–H and O–H groups in total. The van der Waals surface area contributed by atoms with Crippen molar-refractivity contribution in [2.45, 2.75) is 13.0 Å². The second kappa shape index (κ2) is 9.30. The molecule has 0 atom stereocenters. The quantitative estimate of drug-likeness (QED) is 0.386. The second-order valence-corrected chi connectivity index (χ2v) is 6.44. The van der Waals surface area contributed by atoms with Gasteiger partial charge < -0.3 is 14.2 Å². The van der Waals surface area contributed by atoms with Crippen LogP contribution in [0.15, 0.2) is 43.0 Å². The molecule has 8 heteroatoms. The predicted octanol–water partition coefficient (Wildman–Crippen LogP) is 1.88. The van der Waals surface area contributed by atoms with Gasteiger partial charge in [0, 0.05) is 70.3 Å². The number of hydrogen-bond donors (Lipinski definition) is 0. The number of benzene rings is 1. The summed E-state index contributed by atoms with van der Waals surface area (Å²) in [5, 5.41) is 10.6. The third-order valence-electron chi connectivity index (χ3n) is 4.63. The molecule has 140 valence electrons. The molecule has 0 bridgehead atoms. The average Bonchev–Trinajstić information content (AvgIpc) is 3.18. The summed E-state index contributed by atoms with van der Waals surface area (Å²) in [5.74, 6) is 0.680. The van der Waals surface area contributed by atoms with Gasteiger partial charge in [0.15, 0.2) is 0 Å². The lowest BCUT2D eigenvalue weighted by molar-refractivity contribution is -0.384. The molecule has 1 aliphatic rings. The first-order chi connectivity index (χ1) is 12.7. The van der Waals surface area contributed by atoms with Gasteiger partial charge in [0.05, 0.1) is 17.9 Å². The van der Waals surface area contributed by atoms with Crippen molar-refractivity contribution in [1.82, 2.24) is 19.4 Å². The van der Waals surface area contributed by atoms with Crippen LogP contribution in [-0.2, 0) is 6.54 Å². The second-order valence-electron chi connectivity index (χ2n) is 6.44. The van der Waals surface area contributed by atoms with Crippen LogP contribution in [0.5, 0.6) is 5.75 Å². The smallest absolute Gasteiger partial charge is 0.269 e. The summed E-state index contributed by atoms with van der Waals surface area (Å²) in [6.45, 7) is 8.05. The zero-order chi connectivity index (χ0) is 18.2. The van der Waals surface area contributed by atoms with Crippen LogP contribution in [0, 0.1) is 10.1 Å². The maximum absolute atomic E-state index is 10.6. The van der Waals surface area contributed by atoms with E-state index in [4.69, 9.17) is 4.74 Å². The van der Waals surface area contributed by atoms with Gasteiger partial charge in [0.2, 0.25) is 0 Å². The number of piperazine rings is 1. The van der Waals surface area contributed by atoms with E-state index in [2.05, 4.69) is 19.4 Å². The number of imidazole rings is 1. The van der Waals surface area contributed by atoms with Gasteiger partial charge in [0.1, 0.15) is 5.75 Å². The fraction of sp³-hybridized carbons (Fsp3) is 0.500. The van der Waals surface area contributed by atoms with Crippen LogP contribution >= 0.6 is 0 Å². The third-order valence-corrected chi connectivity index (χ3v) is 4.63. The van der Waals surface area contributed by atoms with Crippen molar-refractivity contribution in [3.8, 4) is 5.75 Å². The molecule has 1 aliphatic heterocycles. The summed E-state index contributed by atoms with van der Waals surface area (Å²) in [4.78, 5) is 19.2. The topological polar surface area (TPSA) is 76.7 Å². The number of aromatic nitrogens is 2. The lowest BCUT2D eigenvalue weighted by Crippen LogP contribution is -2.47. The summed E-state index contributed by atoms with van der Waals surface area (Å²) in [7, 11) is 0. The number of nitro benzene ring substituents is 1. The minimum Gasteiger partial charge on any atom is -0.494 e. The van der Waals surface area contributed by atoms with Gasteiger partial charge in [-0.3, -0.25) is 15.0 Å². The minimum atomic E-state index is -0.404. The zero-order valence-electron chi connectivity index (χ0n) is 14.9. The molecule has 26 heavy (non-hydrogen) atoms. The summed E-state index contributed by atoms with van der Waals surface area (Å²) in [6.07, 6.45) is 6.63. The Hall–Kier alpha value is -2.45. The molecule has 0 spiro atoms. The number of hydrogen-bond acceptors (Lipinski definition) is 6. The number of nitrogens with zero attached hydrogens (tertiary/aromatic N) is 5. The highest BCUT2D eigenvalue weighted by Gasteiger charge is 2.16. The van der Waals surface area contributed by atoms with E-state index in [1.807, 2.05) is 18.7 Å². The molecule has 1 aromatic heterocycles. The third kappa shape index (κ3) is 5.53. The van der Waals surface area contributed by atoms with Gasteiger partial charge >= 0.3 is 0 Å². The van der Waals surface area contributed by atoms with E-state index in [0.717, 1.165) is 52.2 Å². The Bertz CT molecular complexity index is 667. The lowest BCUT2D eigenvalue weighted by atomic mass is 10.3. The summed E-state index contributed by atoms with van der Waals surface area (Å²) < 4.78 is 7.78. The van der Waals surface area contributed by atoms with E-state index in [1.165, 1.54) is 12.1 Å². The molecule has 2 aromatic rings. The van der Waals surface area contributed by atoms with Crippen LogP contribution < -0.4 is 4.74 Å². The molecule has 0 saturated carbocycles. The zero-order valence-corrected chi connectivity index (χ0v) is 14.9. The molecular weight excluding hydrogens is 334 g/mol. The van der Waals surface area contributed by atoms with Gasteiger partial charge in [-0.15, -0.1) is 0 Å². The van der Waals surface area contributed by atoms with E-state index in [0.29, 0.717) is 12.4 Å². The first-order valence-electron chi connectivity index (χ1n) is 8.98. The van der Waals surface area contributed by atoms with E-state index in [-0.39, 0.29) is 5.69 Å². The van der Waals surface area contributed by atoms with Crippen molar-refractivity contribution < 1.29 is 9.66 Å². The van der Waals surface area contributed by atoms with Crippen molar-refractivity contribution in [2.24, 2.45) is 0 Å². The van der Waals surface area contributed by atoms with Crippen molar-refractivity contribution in [3.05, 3.63) is 53.1 Å². The first kappa shape index (κ1) is 18.3. The molecule has 1 aromatic carbocycles. The SMILES string of the molecule is O=[N+]([O-])c1ccc(OCCCN2CCN(CCn3ccnc3)CC2)cc1. The Balaban J connectivity index is 1.27. The minimum absolute atomic E-state index is 0.0864. The molecule has 1 saturated heterocycles. The molecule has 8 nitrogen and oxygen atoms in total. The highest BCUT2D eigenvalue weighted by atomic mass is 16.6. The molecule has 0 amide bonds. The Labute approximate surface area is 153 Å². The normalized spacial score (nSPS) is 15.8. The maximum atomic E-state index is 10.6. The molecule has 2 heterocycles. The van der Waals surface area contributed by atoms with Crippen molar-refractivity contribution in [2.75, 3.05) is 45.9 Å². The van der Waals surface area contributed by atoms with Gasteiger partial charge in [-0.25, -0.2) is 4.98 Å². The number of rotatable bonds is 9. The van der Waals surface area contributed by atoms with E-state index in [9.17, 15) is 10.1 Å². The van der Waals surface area contributed by atoms with Gasteiger partial charge in [-0.05, 0) is 18.6 Å². The van der Waals surface area contributed by atoms with Crippen molar-refractivity contribution >= 4 is 5.69 Å². The summed E-state index contributed by atoms with van der Waals surface area (Å²) in [5.41, 5.74) is 0.0864. The Morgan fingerprint density at radius 2 is 1.73 bits per heavy atom. The predicted molar refractivity (Wildman–Crippen MR) is 98.3 cm³/mol. The molecule has 3 rings (SSSR count). The van der Waals surface area contributed by atoms with Gasteiger partial charge in [0.25, 0.3) is 5.69 Å². The fourth-order valence-electron chi connectivity index (χ4n) is 3.05. The van der Waals surface area contributed by atoms with E-state index < -0.39 is 4.92 Å². The molecule has 1 fully saturated rings. The largest absolute Gasteiger partial charge is 0.494 e. The summed E-state index contributed by atoms with van der Waals surface area (Å²) in [6, 6.07) is 6.24. The standard InChI is InChI=1S/C18H25N5O3/c24-23(25)17-2-4-18(5-3-17)26-15-1-7-20-9-11-21(12-10-20)13-14-22-8-6-19-16-22/h2-6,8,16H,1,7,9-15H2. The van der Waals surface area contributed by atoms with Gasteiger partial charge in [-0.1, -0.05) is 0 Å². The van der Waals surface area contributed by atoms with Crippen LogP contribution in [0.2, 0.25) is 0 Å². The fourth-order valence-corrected chi connectivity index (χ4v) is 3.05. The number of nitro groups is 1. The van der Waals surface area contributed by atoms with E-state index in [1.54, 1.807) is 12.1 Å². The van der Waals surface area contributed by atoms with Crippen LogP contribution in [0.1, 0.15) is 6.42 Å². The van der Waals surface area contributed by atoms with Crippen molar-refractivity contribution in [3.63, 3.8) is 0 Å². The van der Waals surface area contributed by atoms with Crippen LogP contribution in [0.3, 0.4) is 0 Å². The maximum Gasteiger partial charge on any atom is 0.269 e. The highest BCUT2D eigenvalue weighted by Crippen LogP contribution is 2.17. The Morgan fingerprint density at radius 1 is 1.04 bits per heavy atom. The Morgan fingerprint density at radius 3 is 2.35 bits per heavy atom. The van der Waals surface area contributed by atoms with Crippen LogP contribution in [0.25, 0.3) is 0 Å². The number of ether oxygens (including phenoxy) is 1. The van der Waals surface area contributed by atoms with Gasteiger partial charge in [-0.2, -0.15) is 0 Å².